The lowest BCUT2D eigenvalue weighted by atomic mass is 10.0. The fraction of sp³-hybridized carbons (Fsp3) is 0.353. The topological polar surface area (TPSA) is 64.9 Å². The third kappa shape index (κ3) is 3.05. The molecule has 1 saturated heterocycles. The number of fused-ring (bicyclic) bond motifs is 1. The number of ether oxygens (including phenoxy) is 1. The third-order valence-corrected chi connectivity index (χ3v) is 4.35. The molecule has 4 rings (SSSR count). The minimum atomic E-state index is -0.939. The average molecular weight is 345 g/mol. The number of aromatic nitrogens is 4. The number of rotatable bonds is 3. The largest absolute Gasteiger partial charge is 0.368 e. The van der Waals surface area contributed by atoms with E-state index in [0.717, 1.165) is 30.8 Å². The minimum absolute atomic E-state index is 0.0353. The first-order chi connectivity index (χ1) is 12.1. The first-order valence-corrected chi connectivity index (χ1v) is 8.09. The molecule has 1 fully saturated rings. The van der Waals surface area contributed by atoms with Crippen LogP contribution < -0.4 is 5.32 Å². The van der Waals surface area contributed by atoms with Crippen molar-refractivity contribution in [1.82, 2.24) is 19.5 Å². The highest BCUT2D eigenvalue weighted by molar-refractivity contribution is 5.75. The van der Waals surface area contributed by atoms with Crippen LogP contribution in [0.15, 0.2) is 30.7 Å². The van der Waals surface area contributed by atoms with E-state index < -0.39 is 11.6 Å². The molecule has 25 heavy (non-hydrogen) atoms. The lowest BCUT2D eigenvalue weighted by molar-refractivity contribution is -0.00135. The van der Waals surface area contributed by atoms with Gasteiger partial charge in [0.05, 0.1) is 23.3 Å². The van der Waals surface area contributed by atoms with Gasteiger partial charge in [0.2, 0.25) is 0 Å². The van der Waals surface area contributed by atoms with Crippen LogP contribution in [-0.4, -0.2) is 32.2 Å². The Kier molecular flexibility index (Phi) is 4.04. The van der Waals surface area contributed by atoms with E-state index in [2.05, 4.69) is 20.3 Å². The van der Waals surface area contributed by atoms with Crippen molar-refractivity contribution in [3.63, 3.8) is 0 Å². The first-order valence-electron chi connectivity index (χ1n) is 8.09. The van der Waals surface area contributed by atoms with Crippen molar-refractivity contribution in [2.24, 2.45) is 7.05 Å². The van der Waals surface area contributed by atoms with Crippen molar-refractivity contribution < 1.29 is 13.5 Å². The minimum Gasteiger partial charge on any atom is -0.368 e. The van der Waals surface area contributed by atoms with Crippen LogP contribution in [0.2, 0.25) is 0 Å². The van der Waals surface area contributed by atoms with E-state index >= 15 is 0 Å². The third-order valence-electron chi connectivity index (χ3n) is 4.35. The summed E-state index contributed by atoms with van der Waals surface area (Å²) < 4.78 is 34.6. The van der Waals surface area contributed by atoms with Gasteiger partial charge in [0.15, 0.2) is 11.6 Å². The summed E-state index contributed by atoms with van der Waals surface area (Å²) in [5.41, 5.74) is 0.610. The molecule has 130 valence electrons. The zero-order chi connectivity index (χ0) is 17.4. The number of anilines is 1. The molecule has 2 aromatic heterocycles. The normalized spacial score (nSPS) is 20.8. The molecule has 0 bridgehead atoms. The molecule has 1 N–H and O–H groups in total. The molecule has 0 aliphatic carbocycles. The van der Waals surface area contributed by atoms with Crippen molar-refractivity contribution >= 4 is 16.9 Å². The molecular weight excluding hydrogens is 328 g/mol. The number of hydrogen-bond acceptors (Lipinski definition) is 5. The zero-order valence-electron chi connectivity index (χ0n) is 13.6. The molecule has 0 unspecified atom stereocenters. The Morgan fingerprint density at radius 1 is 1.20 bits per heavy atom. The number of nitrogens with one attached hydrogen (secondary N) is 1. The summed E-state index contributed by atoms with van der Waals surface area (Å²) in [6.07, 6.45) is 6.71. The summed E-state index contributed by atoms with van der Waals surface area (Å²) in [5, 5.41) is 3.30. The van der Waals surface area contributed by atoms with E-state index in [0.29, 0.717) is 23.5 Å². The van der Waals surface area contributed by atoms with Gasteiger partial charge in [0.25, 0.3) is 0 Å². The van der Waals surface area contributed by atoms with E-state index in [4.69, 9.17) is 4.74 Å². The summed E-state index contributed by atoms with van der Waals surface area (Å²) in [6, 6.07) is 2.06. The second-order valence-corrected chi connectivity index (χ2v) is 6.09. The lowest BCUT2D eigenvalue weighted by Crippen LogP contribution is -2.35. The molecule has 1 aromatic carbocycles. The average Bonchev–Trinajstić information content (AvgIpc) is 3.03. The van der Waals surface area contributed by atoms with Crippen LogP contribution in [0, 0.1) is 11.6 Å². The van der Waals surface area contributed by atoms with Crippen LogP contribution >= 0.6 is 0 Å². The molecule has 1 aliphatic heterocycles. The number of benzene rings is 1. The van der Waals surface area contributed by atoms with Gasteiger partial charge in [-0.3, -0.25) is 4.98 Å². The molecule has 0 spiro atoms. The SMILES string of the molecule is Cn1ccnc1[C@H]1OCCC[C@@H]1Nc1cnc2cc(F)c(F)cc2n1. The van der Waals surface area contributed by atoms with Gasteiger partial charge in [-0.1, -0.05) is 0 Å². The number of halogens is 2. The second-order valence-electron chi connectivity index (χ2n) is 6.09. The predicted molar refractivity (Wildman–Crippen MR) is 88.0 cm³/mol. The maximum atomic E-state index is 13.4. The summed E-state index contributed by atoms with van der Waals surface area (Å²) in [4.78, 5) is 12.9. The van der Waals surface area contributed by atoms with Crippen molar-refractivity contribution in [3.05, 3.63) is 48.2 Å². The first kappa shape index (κ1) is 15.9. The Balaban J connectivity index is 1.62. The van der Waals surface area contributed by atoms with Gasteiger partial charge in [-0.25, -0.2) is 18.7 Å². The Morgan fingerprint density at radius 2 is 2.00 bits per heavy atom. The van der Waals surface area contributed by atoms with Crippen LogP contribution in [0.5, 0.6) is 0 Å². The number of imidazole rings is 1. The molecule has 0 radical (unpaired) electrons. The molecule has 1 aliphatic rings. The second kappa shape index (κ2) is 6.36. The fourth-order valence-corrected chi connectivity index (χ4v) is 3.10. The van der Waals surface area contributed by atoms with E-state index in [1.165, 1.54) is 6.20 Å². The number of nitrogens with zero attached hydrogens (tertiary/aromatic N) is 4. The van der Waals surface area contributed by atoms with Gasteiger partial charge in [-0.2, -0.15) is 0 Å². The van der Waals surface area contributed by atoms with Crippen LogP contribution in [-0.2, 0) is 11.8 Å². The van der Waals surface area contributed by atoms with Gasteiger partial charge < -0.3 is 14.6 Å². The molecule has 3 aromatic rings. The summed E-state index contributed by atoms with van der Waals surface area (Å²) >= 11 is 0. The monoisotopic (exact) mass is 345 g/mol. The van der Waals surface area contributed by atoms with Gasteiger partial charge in [-0.05, 0) is 12.8 Å². The predicted octanol–water partition coefficient (Wildman–Crippen LogP) is 2.97. The van der Waals surface area contributed by atoms with Gasteiger partial charge in [0, 0.05) is 38.2 Å². The maximum absolute atomic E-state index is 13.4. The van der Waals surface area contributed by atoms with Crippen molar-refractivity contribution in [3.8, 4) is 0 Å². The molecule has 8 heteroatoms. The van der Waals surface area contributed by atoms with E-state index in [9.17, 15) is 8.78 Å². The highest BCUT2D eigenvalue weighted by atomic mass is 19.2. The summed E-state index contributed by atoms with van der Waals surface area (Å²) in [7, 11) is 1.92. The van der Waals surface area contributed by atoms with Crippen molar-refractivity contribution in [2.75, 3.05) is 11.9 Å². The molecule has 0 saturated carbocycles. The molecule has 0 amide bonds. The quantitative estimate of drug-likeness (QED) is 0.791. The maximum Gasteiger partial charge on any atom is 0.161 e. The molecule has 2 atom stereocenters. The smallest absolute Gasteiger partial charge is 0.161 e. The Morgan fingerprint density at radius 3 is 2.76 bits per heavy atom. The molecular formula is C17H17F2N5O. The fourth-order valence-electron chi connectivity index (χ4n) is 3.10. The van der Waals surface area contributed by atoms with Crippen molar-refractivity contribution in [2.45, 2.75) is 25.0 Å². The van der Waals surface area contributed by atoms with Crippen LogP contribution in [0.1, 0.15) is 24.8 Å². The van der Waals surface area contributed by atoms with Crippen LogP contribution in [0.3, 0.4) is 0 Å². The van der Waals surface area contributed by atoms with E-state index in [1.54, 1.807) is 6.20 Å². The van der Waals surface area contributed by atoms with E-state index in [1.807, 2.05) is 17.8 Å². The van der Waals surface area contributed by atoms with Crippen LogP contribution in [0.25, 0.3) is 11.0 Å². The highest BCUT2D eigenvalue weighted by Gasteiger charge is 2.30. The standard InChI is InChI=1S/C17H17F2N5O/c1-24-5-4-20-17(24)16-12(3-2-6-25-16)22-15-9-21-13-7-10(18)11(19)8-14(13)23-15/h4-5,7-9,12,16H,2-3,6H2,1H3,(H,22,23)/t12-,16-/m0/s1. The summed E-state index contributed by atoms with van der Waals surface area (Å²) in [5.74, 6) is -0.545. The van der Waals surface area contributed by atoms with Gasteiger partial charge >= 0.3 is 0 Å². The summed E-state index contributed by atoms with van der Waals surface area (Å²) in [6.45, 7) is 0.670. The van der Waals surface area contributed by atoms with E-state index in [-0.39, 0.29) is 12.1 Å². The molecule has 6 nitrogen and oxygen atoms in total. The Hall–Kier alpha value is -2.61. The van der Waals surface area contributed by atoms with Crippen LogP contribution in [0.4, 0.5) is 14.6 Å². The van der Waals surface area contributed by atoms with Gasteiger partial charge in [-0.15, -0.1) is 0 Å². The molecule has 3 heterocycles. The van der Waals surface area contributed by atoms with Crippen molar-refractivity contribution in [1.29, 1.82) is 0 Å². The highest BCUT2D eigenvalue weighted by Crippen LogP contribution is 2.29. The Bertz CT molecular complexity index is 913. The number of hydrogen-bond donors (Lipinski definition) is 1. The lowest BCUT2D eigenvalue weighted by Gasteiger charge is -2.32. The van der Waals surface area contributed by atoms with Gasteiger partial charge in [0.1, 0.15) is 17.7 Å². The zero-order valence-corrected chi connectivity index (χ0v) is 13.6. The number of aryl methyl sites for hydroxylation is 1. The Labute approximate surface area is 142 Å².